The van der Waals surface area contributed by atoms with Crippen LogP contribution in [-0.4, -0.2) is 50.9 Å². The first-order chi connectivity index (χ1) is 18.1. The van der Waals surface area contributed by atoms with E-state index in [0.717, 1.165) is 11.1 Å². The van der Waals surface area contributed by atoms with Gasteiger partial charge in [0.05, 0.1) is 14.2 Å². The van der Waals surface area contributed by atoms with Crippen LogP contribution >= 0.6 is 0 Å². The first-order valence-corrected chi connectivity index (χ1v) is 11.7. The van der Waals surface area contributed by atoms with E-state index in [-0.39, 0.29) is 12.3 Å². The first kappa shape index (κ1) is 27.8. The van der Waals surface area contributed by atoms with Crippen molar-refractivity contribution in [1.82, 2.24) is 4.90 Å². The van der Waals surface area contributed by atoms with E-state index < -0.39 is 17.7 Å². The number of benzene rings is 3. The number of primary amides is 2. The van der Waals surface area contributed by atoms with Crippen molar-refractivity contribution in [2.45, 2.75) is 6.42 Å². The van der Waals surface area contributed by atoms with Crippen molar-refractivity contribution in [1.29, 1.82) is 0 Å². The molecule has 3 aromatic carbocycles. The van der Waals surface area contributed by atoms with Crippen molar-refractivity contribution >= 4 is 29.4 Å². The summed E-state index contributed by atoms with van der Waals surface area (Å²) in [5.41, 5.74) is 13.2. The van der Waals surface area contributed by atoms with Gasteiger partial charge < -0.3 is 30.6 Å². The lowest BCUT2D eigenvalue weighted by Gasteiger charge is -2.15. The smallest absolute Gasteiger partial charge is 0.253 e. The predicted molar refractivity (Wildman–Crippen MR) is 145 cm³/mol. The van der Waals surface area contributed by atoms with Gasteiger partial charge in [0.2, 0.25) is 11.8 Å². The summed E-state index contributed by atoms with van der Waals surface area (Å²) >= 11 is 0. The van der Waals surface area contributed by atoms with Gasteiger partial charge in [0, 0.05) is 25.7 Å². The standard InChI is InChI=1S/C29H31N3O6/c1-32(2)29(35)25(16-19-13-23(36-3)17-24(14-19)37-4)20-7-11-22(12-8-20)38-21-9-5-18(6-10-21)15-26(27(30)33)28(31)34/h5-14,16-17,26H,15H2,1-4H3,(H2,30,33)(H2,31,34)/b25-16+. The molecule has 198 valence electrons. The third kappa shape index (κ3) is 7.13. The van der Waals surface area contributed by atoms with Gasteiger partial charge in [0.1, 0.15) is 28.9 Å². The fraction of sp³-hybridized carbons (Fsp3) is 0.207. The molecule has 0 atom stereocenters. The zero-order valence-corrected chi connectivity index (χ0v) is 21.8. The molecule has 0 fully saturated rings. The summed E-state index contributed by atoms with van der Waals surface area (Å²) in [6.45, 7) is 0. The van der Waals surface area contributed by atoms with E-state index >= 15 is 0 Å². The number of nitrogens with zero attached hydrogens (tertiary/aromatic N) is 1. The van der Waals surface area contributed by atoms with Crippen LogP contribution in [0.25, 0.3) is 11.6 Å². The zero-order valence-electron chi connectivity index (χ0n) is 21.8. The van der Waals surface area contributed by atoms with Gasteiger partial charge in [-0.2, -0.15) is 0 Å². The van der Waals surface area contributed by atoms with Crippen LogP contribution in [0.1, 0.15) is 16.7 Å². The van der Waals surface area contributed by atoms with Crippen molar-refractivity contribution in [3.05, 3.63) is 83.4 Å². The van der Waals surface area contributed by atoms with Crippen LogP contribution in [0.4, 0.5) is 0 Å². The van der Waals surface area contributed by atoms with Crippen molar-refractivity contribution < 1.29 is 28.6 Å². The second-order valence-corrected chi connectivity index (χ2v) is 8.74. The van der Waals surface area contributed by atoms with Crippen LogP contribution in [0.15, 0.2) is 66.7 Å². The highest BCUT2D eigenvalue weighted by Gasteiger charge is 2.22. The summed E-state index contributed by atoms with van der Waals surface area (Å²) in [4.78, 5) is 37.4. The molecule has 0 saturated carbocycles. The quantitative estimate of drug-likeness (QED) is 0.228. The van der Waals surface area contributed by atoms with Crippen LogP contribution in [0.2, 0.25) is 0 Å². The summed E-state index contributed by atoms with van der Waals surface area (Å²) in [6, 6.07) is 19.5. The molecule has 0 aliphatic carbocycles. The van der Waals surface area contributed by atoms with Gasteiger partial charge >= 0.3 is 0 Å². The molecule has 3 rings (SSSR count). The van der Waals surface area contributed by atoms with E-state index in [0.29, 0.717) is 34.1 Å². The molecule has 0 bridgehead atoms. The van der Waals surface area contributed by atoms with Crippen molar-refractivity contribution in [2.75, 3.05) is 28.3 Å². The zero-order chi connectivity index (χ0) is 27.8. The Hall–Kier alpha value is -4.79. The number of nitrogens with two attached hydrogens (primary N) is 2. The van der Waals surface area contributed by atoms with E-state index in [1.807, 2.05) is 12.1 Å². The second kappa shape index (κ2) is 12.4. The molecule has 3 amide bonds. The Kier molecular flexibility index (Phi) is 9.10. The monoisotopic (exact) mass is 517 g/mol. The molecule has 4 N–H and O–H groups in total. The number of carbonyl (C=O) groups excluding carboxylic acids is 3. The number of hydrogen-bond acceptors (Lipinski definition) is 6. The van der Waals surface area contributed by atoms with Crippen LogP contribution in [-0.2, 0) is 20.8 Å². The van der Waals surface area contributed by atoms with Gasteiger partial charge in [0.15, 0.2) is 0 Å². The van der Waals surface area contributed by atoms with Gasteiger partial charge in [-0.25, -0.2) is 0 Å². The Bertz CT molecular complexity index is 1300. The minimum atomic E-state index is -1.07. The molecule has 0 heterocycles. The maximum Gasteiger partial charge on any atom is 0.253 e. The third-order valence-corrected chi connectivity index (χ3v) is 5.77. The minimum absolute atomic E-state index is 0.119. The molecule has 9 nitrogen and oxygen atoms in total. The molecule has 38 heavy (non-hydrogen) atoms. The van der Waals surface area contributed by atoms with E-state index in [1.54, 1.807) is 89.0 Å². The Morgan fingerprint density at radius 3 is 1.74 bits per heavy atom. The molecule has 0 aliphatic rings. The number of methoxy groups -OCH3 is 2. The van der Waals surface area contributed by atoms with Crippen molar-refractivity contribution in [3.8, 4) is 23.0 Å². The number of rotatable bonds is 11. The number of amides is 3. The topological polar surface area (TPSA) is 134 Å². The lowest BCUT2D eigenvalue weighted by atomic mass is 9.98. The Morgan fingerprint density at radius 1 is 0.789 bits per heavy atom. The SMILES string of the molecule is COc1cc(/C=C(/C(=O)N(C)C)c2ccc(Oc3ccc(CC(C(N)=O)C(N)=O)cc3)cc2)cc(OC)c1. The summed E-state index contributed by atoms with van der Waals surface area (Å²) in [5, 5.41) is 0. The fourth-order valence-electron chi connectivity index (χ4n) is 3.70. The van der Waals surface area contributed by atoms with Gasteiger partial charge in [-0.1, -0.05) is 24.3 Å². The molecule has 0 aromatic heterocycles. The van der Waals surface area contributed by atoms with Gasteiger partial charge in [0.25, 0.3) is 5.91 Å². The van der Waals surface area contributed by atoms with Gasteiger partial charge in [-0.3, -0.25) is 14.4 Å². The van der Waals surface area contributed by atoms with Crippen LogP contribution in [0, 0.1) is 5.92 Å². The molecular formula is C29H31N3O6. The average molecular weight is 518 g/mol. The van der Waals surface area contributed by atoms with Crippen LogP contribution in [0.5, 0.6) is 23.0 Å². The minimum Gasteiger partial charge on any atom is -0.497 e. The van der Waals surface area contributed by atoms with E-state index in [2.05, 4.69) is 0 Å². The number of likely N-dealkylation sites (N-methyl/N-ethyl adjacent to an activating group) is 1. The highest BCUT2D eigenvalue weighted by Crippen LogP contribution is 2.29. The molecule has 0 unspecified atom stereocenters. The lowest BCUT2D eigenvalue weighted by Crippen LogP contribution is -2.36. The molecule has 0 radical (unpaired) electrons. The third-order valence-electron chi connectivity index (χ3n) is 5.77. The largest absolute Gasteiger partial charge is 0.497 e. The van der Waals surface area contributed by atoms with E-state index in [4.69, 9.17) is 25.7 Å². The first-order valence-electron chi connectivity index (χ1n) is 11.7. The molecular weight excluding hydrogens is 486 g/mol. The maximum absolute atomic E-state index is 13.0. The maximum atomic E-state index is 13.0. The van der Waals surface area contributed by atoms with E-state index in [9.17, 15) is 14.4 Å². The predicted octanol–water partition coefficient (Wildman–Crippen LogP) is 3.25. The van der Waals surface area contributed by atoms with Crippen molar-refractivity contribution in [3.63, 3.8) is 0 Å². The molecule has 0 aliphatic heterocycles. The summed E-state index contributed by atoms with van der Waals surface area (Å²) in [7, 11) is 6.52. The molecule has 9 heteroatoms. The average Bonchev–Trinajstić information content (AvgIpc) is 2.90. The van der Waals surface area contributed by atoms with Gasteiger partial charge in [-0.05, 0) is 65.6 Å². The number of hydrogen-bond donors (Lipinski definition) is 2. The Balaban J connectivity index is 1.82. The Morgan fingerprint density at radius 2 is 1.29 bits per heavy atom. The highest BCUT2D eigenvalue weighted by molar-refractivity contribution is 6.24. The number of ether oxygens (including phenoxy) is 3. The van der Waals surface area contributed by atoms with Crippen LogP contribution < -0.4 is 25.7 Å². The van der Waals surface area contributed by atoms with Gasteiger partial charge in [-0.15, -0.1) is 0 Å². The fourth-order valence-corrected chi connectivity index (χ4v) is 3.70. The van der Waals surface area contributed by atoms with Crippen molar-refractivity contribution in [2.24, 2.45) is 17.4 Å². The summed E-state index contributed by atoms with van der Waals surface area (Å²) in [5.74, 6) is -0.410. The number of carbonyl (C=O) groups is 3. The molecule has 0 saturated heterocycles. The summed E-state index contributed by atoms with van der Waals surface area (Å²) in [6.07, 6.45) is 1.90. The summed E-state index contributed by atoms with van der Waals surface area (Å²) < 4.78 is 16.6. The second-order valence-electron chi connectivity index (χ2n) is 8.74. The highest BCUT2D eigenvalue weighted by atomic mass is 16.5. The Labute approximate surface area is 221 Å². The normalized spacial score (nSPS) is 11.1. The van der Waals surface area contributed by atoms with E-state index in [1.165, 1.54) is 4.90 Å². The van der Waals surface area contributed by atoms with Crippen LogP contribution in [0.3, 0.4) is 0 Å². The lowest BCUT2D eigenvalue weighted by molar-refractivity contribution is -0.131. The molecule has 3 aromatic rings. The molecule has 0 spiro atoms.